The predicted octanol–water partition coefficient (Wildman–Crippen LogP) is 4.10. The first kappa shape index (κ1) is 18.7. The number of hydrazone groups is 1. The van der Waals surface area contributed by atoms with Crippen LogP contribution < -0.4 is 14.9 Å². The van der Waals surface area contributed by atoms with Gasteiger partial charge in [-0.15, -0.1) is 0 Å². The van der Waals surface area contributed by atoms with Crippen molar-refractivity contribution >= 4 is 23.2 Å². The molecule has 0 radical (unpaired) electrons. The van der Waals surface area contributed by atoms with Gasteiger partial charge in [-0.25, -0.2) is 5.43 Å². The lowest BCUT2D eigenvalue weighted by molar-refractivity contribution is -0.0512. The van der Waals surface area contributed by atoms with Crippen LogP contribution >= 0.6 is 11.6 Å². The van der Waals surface area contributed by atoms with Crippen LogP contribution in [0.3, 0.4) is 0 Å². The van der Waals surface area contributed by atoms with Crippen LogP contribution in [0.1, 0.15) is 22.8 Å². The number of methoxy groups -OCH3 is 1. The summed E-state index contributed by atoms with van der Waals surface area (Å²) in [5.41, 5.74) is 3.70. The Bertz CT molecular complexity index is 797. The van der Waals surface area contributed by atoms with E-state index in [0.717, 1.165) is 0 Å². The summed E-state index contributed by atoms with van der Waals surface area (Å²) in [5, 5.41) is 4.30. The molecule has 1 N–H and O–H groups in total. The number of hydrogen-bond donors (Lipinski definition) is 1. The Hall–Kier alpha value is -2.67. The molecule has 0 bridgehead atoms. The van der Waals surface area contributed by atoms with Gasteiger partial charge in [-0.05, 0) is 37.3 Å². The minimum absolute atomic E-state index is 0.0887. The van der Waals surface area contributed by atoms with E-state index in [4.69, 9.17) is 16.3 Å². The van der Waals surface area contributed by atoms with Gasteiger partial charge < -0.3 is 9.47 Å². The normalized spacial score (nSPS) is 11.4. The van der Waals surface area contributed by atoms with Crippen LogP contribution in [0.4, 0.5) is 8.78 Å². The summed E-state index contributed by atoms with van der Waals surface area (Å²) in [7, 11) is 1.34. The molecule has 2 aromatic carbocycles. The molecule has 1 amide bonds. The van der Waals surface area contributed by atoms with Crippen molar-refractivity contribution in [2.24, 2.45) is 5.10 Å². The smallest absolute Gasteiger partial charge is 0.387 e. The van der Waals surface area contributed by atoms with Crippen LogP contribution in [0.2, 0.25) is 5.02 Å². The van der Waals surface area contributed by atoms with Crippen LogP contribution in [0, 0.1) is 0 Å². The van der Waals surface area contributed by atoms with Crippen LogP contribution in [0.25, 0.3) is 0 Å². The topological polar surface area (TPSA) is 59.9 Å². The SMILES string of the molecule is COc1cc(/C(C)=N\NC(=O)c2ccccc2Cl)ccc1OC(F)F. The largest absolute Gasteiger partial charge is 0.493 e. The van der Waals surface area contributed by atoms with Crippen molar-refractivity contribution < 1.29 is 23.0 Å². The number of carbonyl (C=O) groups is 1. The highest BCUT2D eigenvalue weighted by Gasteiger charge is 2.13. The fraction of sp³-hybridized carbons (Fsp3) is 0.176. The number of halogens is 3. The number of hydrogen-bond acceptors (Lipinski definition) is 4. The van der Waals surface area contributed by atoms with Crippen molar-refractivity contribution in [3.8, 4) is 11.5 Å². The van der Waals surface area contributed by atoms with E-state index >= 15 is 0 Å². The van der Waals surface area contributed by atoms with Gasteiger partial charge in [0.25, 0.3) is 5.91 Å². The maximum absolute atomic E-state index is 12.3. The highest BCUT2D eigenvalue weighted by molar-refractivity contribution is 6.33. The zero-order valence-corrected chi connectivity index (χ0v) is 14.2. The number of rotatable bonds is 6. The summed E-state index contributed by atoms with van der Waals surface area (Å²) < 4.78 is 34.1. The van der Waals surface area contributed by atoms with E-state index in [9.17, 15) is 13.6 Å². The number of alkyl halides is 2. The zero-order chi connectivity index (χ0) is 18.4. The van der Waals surface area contributed by atoms with Gasteiger partial charge >= 0.3 is 6.61 Å². The molecule has 0 unspecified atom stereocenters. The Morgan fingerprint density at radius 3 is 2.56 bits per heavy atom. The Balaban J connectivity index is 2.16. The molecule has 8 heteroatoms. The van der Waals surface area contributed by atoms with E-state index in [1.165, 1.54) is 25.3 Å². The first-order valence-corrected chi connectivity index (χ1v) is 7.52. The van der Waals surface area contributed by atoms with Gasteiger partial charge in [0, 0.05) is 5.56 Å². The first-order chi connectivity index (χ1) is 11.9. The maximum atomic E-state index is 12.3. The fourth-order valence-electron chi connectivity index (χ4n) is 1.99. The van der Waals surface area contributed by atoms with Crippen molar-refractivity contribution in [1.29, 1.82) is 0 Å². The molecule has 25 heavy (non-hydrogen) atoms. The average Bonchev–Trinajstić information content (AvgIpc) is 2.59. The van der Waals surface area contributed by atoms with Crippen LogP contribution in [-0.2, 0) is 0 Å². The minimum Gasteiger partial charge on any atom is -0.493 e. The number of nitrogens with zero attached hydrogens (tertiary/aromatic N) is 1. The first-order valence-electron chi connectivity index (χ1n) is 7.14. The van der Waals surface area contributed by atoms with E-state index in [1.54, 1.807) is 31.2 Å². The van der Waals surface area contributed by atoms with Crippen LogP contribution in [-0.4, -0.2) is 25.3 Å². The molecular weight excluding hydrogens is 354 g/mol. The quantitative estimate of drug-likeness (QED) is 0.616. The maximum Gasteiger partial charge on any atom is 0.387 e. The molecule has 0 aromatic heterocycles. The van der Waals surface area contributed by atoms with Gasteiger partial charge in [0.2, 0.25) is 0 Å². The Kier molecular flexibility index (Phi) is 6.30. The third-order valence-electron chi connectivity index (χ3n) is 3.24. The number of ether oxygens (including phenoxy) is 2. The van der Waals surface area contributed by atoms with E-state index < -0.39 is 12.5 Å². The number of carbonyl (C=O) groups excluding carboxylic acids is 1. The molecule has 0 spiro atoms. The van der Waals surface area contributed by atoms with Crippen LogP contribution in [0.5, 0.6) is 11.5 Å². The molecule has 0 saturated heterocycles. The van der Waals surface area contributed by atoms with E-state index in [0.29, 0.717) is 21.9 Å². The average molecular weight is 369 g/mol. The summed E-state index contributed by atoms with van der Waals surface area (Å²) in [6.07, 6.45) is 0. The lowest BCUT2D eigenvalue weighted by atomic mass is 10.1. The van der Waals surface area contributed by atoms with Crippen molar-refractivity contribution in [3.63, 3.8) is 0 Å². The highest BCUT2D eigenvalue weighted by Crippen LogP contribution is 2.29. The second-order valence-electron chi connectivity index (χ2n) is 4.86. The molecule has 0 atom stereocenters. The molecule has 2 rings (SSSR count). The van der Waals surface area contributed by atoms with Crippen molar-refractivity contribution in [3.05, 3.63) is 58.6 Å². The molecule has 2 aromatic rings. The molecule has 0 fully saturated rings. The van der Waals surface area contributed by atoms with E-state index in [-0.39, 0.29) is 11.5 Å². The lowest BCUT2D eigenvalue weighted by Gasteiger charge is -2.11. The lowest BCUT2D eigenvalue weighted by Crippen LogP contribution is -2.19. The van der Waals surface area contributed by atoms with Gasteiger partial charge in [0.15, 0.2) is 11.5 Å². The van der Waals surface area contributed by atoms with Crippen molar-refractivity contribution in [2.45, 2.75) is 13.5 Å². The molecule has 0 heterocycles. The highest BCUT2D eigenvalue weighted by atomic mass is 35.5. The number of nitrogens with one attached hydrogen (secondary N) is 1. The zero-order valence-electron chi connectivity index (χ0n) is 13.4. The standard InChI is InChI=1S/C17H15ClF2N2O3/c1-10(21-22-16(23)12-5-3-4-6-13(12)18)11-7-8-14(25-17(19)20)15(9-11)24-2/h3-9,17H,1-2H3,(H,22,23)/b21-10-. The summed E-state index contributed by atoms with van der Waals surface area (Å²) in [6.45, 7) is -1.31. The number of benzene rings is 2. The molecule has 5 nitrogen and oxygen atoms in total. The van der Waals surface area contributed by atoms with Gasteiger partial charge in [-0.2, -0.15) is 13.9 Å². The molecular formula is C17H15ClF2N2O3. The number of amides is 1. The second kappa shape index (κ2) is 8.43. The van der Waals surface area contributed by atoms with Gasteiger partial charge in [0.05, 0.1) is 23.4 Å². The van der Waals surface area contributed by atoms with E-state index in [1.807, 2.05) is 0 Å². The van der Waals surface area contributed by atoms with Gasteiger partial charge in [-0.3, -0.25) is 4.79 Å². The molecule has 0 saturated carbocycles. The molecule has 0 aliphatic carbocycles. The monoisotopic (exact) mass is 368 g/mol. The predicted molar refractivity (Wildman–Crippen MR) is 90.8 cm³/mol. The second-order valence-corrected chi connectivity index (χ2v) is 5.27. The fourth-order valence-corrected chi connectivity index (χ4v) is 2.21. The third kappa shape index (κ3) is 4.90. The summed E-state index contributed by atoms with van der Waals surface area (Å²) >= 11 is 5.95. The summed E-state index contributed by atoms with van der Waals surface area (Å²) in [4.78, 5) is 12.1. The van der Waals surface area contributed by atoms with Gasteiger partial charge in [0.1, 0.15) is 0 Å². The summed E-state index contributed by atoms with van der Waals surface area (Å²) in [5.74, 6) is -0.423. The molecule has 0 aliphatic heterocycles. The molecule has 0 aliphatic rings. The Labute approximate surface area is 148 Å². The molecule has 132 valence electrons. The third-order valence-corrected chi connectivity index (χ3v) is 3.57. The van der Waals surface area contributed by atoms with Crippen molar-refractivity contribution in [1.82, 2.24) is 5.43 Å². The van der Waals surface area contributed by atoms with Crippen molar-refractivity contribution in [2.75, 3.05) is 7.11 Å². The summed E-state index contributed by atoms with van der Waals surface area (Å²) in [6, 6.07) is 10.9. The van der Waals surface area contributed by atoms with E-state index in [2.05, 4.69) is 15.3 Å². The Morgan fingerprint density at radius 2 is 1.92 bits per heavy atom. The Morgan fingerprint density at radius 1 is 1.20 bits per heavy atom. The minimum atomic E-state index is -2.95. The van der Waals surface area contributed by atoms with Crippen LogP contribution in [0.15, 0.2) is 47.6 Å². The van der Waals surface area contributed by atoms with Gasteiger partial charge in [-0.1, -0.05) is 23.7 Å².